The summed E-state index contributed by atoms with van der Waals surface area (Å²) in [7, 11) is 0. The first-order valence-corrected chi connectivity index (χ1v) is 9.42. The fraction of sp³-hybridized carbons (Fsp3) is 0.286. The third-order valence-corrected chi connectivity index (χ3v) is 5.03. The highest BCUT2D eigenvalue weighted by Gasteiger charge is 2.36. The van der Waals surface area contributed by atoms with Crippen LogP contribution in [0, 0.1) is 11.2 Å². The molecule has 0 saturated carbocycles. The molecule has 0 aliphatic rings. The summed E-state index contributed by atoms with van der Waals surface area (Å²) in [6.07, 6.45) is 0.0305. The summed E-state index contributed by atoms with van der Waals surface area (Å²) in [6, 6.07) is 10.1. The number of aliphatic hydroxyl groups is 1. The van der Waals surface area contributed by atoms with Crippen LogP contribution in [0.4, 0.5) is 4.39 Å². The zero-order valence-corrected chi connectivity index (χ0v) is 16.9. The summed E-state index contributed by atoms with van der Waals surface area (Å²) in [5, 5.41) is 21.7. The van der Waals surface area contributed by atoms with Crippen LogP contribution in [-0.2, 0) is 20.8 Å². The topological polar surface area (TPSA) is 130 Å². The van der Waals surface area contributed by atoms with Gasteiger partial charge in [-0.05, 0) is 49.1 Å². The number of hydrogen-bond acceptors (Lipinski definition) is 4. The van der Waals surface area contributed by atoms with Gasteiger partial charge in [-0.3, -0.25) is 14.4 Å². The Balaban J connectivity index is 2.26. The minimum Gasteiger partial charge on any atom is -0.481 e. The van der Waals surface area contributed by atoms with Crippen LogP contribution in [0.25, 0.3) is 11.1 Å². The quantitative estimate of drug-likeness (QED) is 0.471. The van der Waals surface area contributed by atoms with Gasteiger partial charge < -0.3 is 21.3 Å². The Labute approximate surface area is 177 Å². The number of carboxylic acid groups (broad SMARTS) is 1. The molecule has 0 heterocycles. The minimum absolute atomic E-state index is 0.136. The van der Waals surface area contributed by atoms with E-state index in [0.717, 1.165) is 0 Å². The minimum atomic E-state index is -1.53. The fourth-order valence-corrected chi connectivity index (χ4v) is 3.19. The largest absolute Gasteiger partial charge is 0.481 e. The maximum atomic E-state index is 14.1. The van der Waals surface area contributed by atoms with E-state index < -0.39 is 41.7 Å². The zero-order valence-electron chi connectivity index (χ0n) is 16.2. The molecule has 2 rings (SSSR count). The van der Waals surface area contributed by atoms with Gasteiger partial charge in [0, 0.05) is 16.6 Å². The summed E-state index contributed by atoms with van der Waals surface area (Å²) in [5.41, 5.74) is 5.06. The van der Waals surface area contributed by atoms with E-state index in [4.69, 9.17) is 17.3 Å². The van der Waals surface area contributed by atoms with E-state index in [-0.39, 0.29) is 12.8 Å². The number of benzene rings is 2. The molecule has 2 unspecified atom stereocenters. The molecule has 0 radical (unpaired) electrons. The number of rotatable bonds is 8. The summed E-state index contributed by atoms with van der Waals surface area (Å²) < 4.78 is 14.1. The van der Waals surface area contributed by atoms with Crippen molar-refractivity contribution in [3.05, 3.63) is 58.9 Å². The Bertz CT molecular complexity index is 951. The van der Waals surface area contributed by atoms with Crippen molar-refractivity contribution in [1.82, 2.24) is 5.32 Å². The average Bonchev–Trinajstić information content (AvgIpc) is 2.70. The van der Waals surface area contributed by atoms with E-state index in [9.17, 15) is 29.0 Å². The Morgan fingerprint density at radius 2 is 1.83 bits per heavy atom. The summed E-state index contributed by atoms with van der Waals surface area (Å²) in [6.45, 7) is 0.683. The van der Waals surface area contributed by atoms with E-state index in [1.165, 1.54) is 25.1 Å². The lowest BCUT2D eigenvalue weighted by molar-refractivity contribution is -0.151. The standard InChI is InChI=1S/C21H22ClFN2O5/c1-21(11-26,20(29)30)10-15(25-19(28)18(24)27)8-12-2-4-13(5-3-12)16-9-14(22)6-7-17(16)23/h2-7,9,15,26H,8,10-11H2,1H3,(H2,24,27)(H,25,28)(H,29,30). The fourth-order valence-electron chi connectivity index (χ4n) is 3.02. The maximum absolute atomic E-state index is 14.1. The molecule has 160 valence electrons. The van der Waals surface area contributed by atoms with Crippen LogP contribution < -0.4 is 11.1 Å². The van der Waals surface area contributed by atoms with Crippen LogP contribution in [0.2, 0.25) is 5.02 Å². The highest BCUT2D eigenvalue weighted by molar-refractivity contribution is 6.34. The van der Waals surface area contributed by atoms with Gasteiger partial charge in [0.2, 0.25) is 0 Å². The van der Waals surface area contributed by atoms with Crippen molar-refractivity contribution in [1.29, 1.82) is 0 Å². The third kappa shape index (κ3) is 5.77. The van der Waals surface area contributed by atoms with Gasteiger partial charge in [-0.15, -0.1) is 0 Å². The monoisotopic (exact) mass is 436 g/mol. The molecule has 5 N–H and O–H groups in total. The number of hydrogen-bond donors (Lipinski definition) is 4. The Hall–Kier alpha value is -2.97. The number of carbonyl (C=O) groups is 3. The van der Waals surface area contributed by atoms with Crippen molar-refractivity contribution in [2.24, 2.45) is 11.1 Å². The van der Waals surface area contributed by atoms with Gasteiger partial charge >= 0.3 is 17.8 Å². The third-order valence-electron chi connectivity index (χ3n) is 4.80. The van der Waals surface area contributed by atoms with E-state index in [2.05, 4.69) is 5.32 Å². The predicted molar refractivity (Wildman–Crippen MR) is 109 cm³/mol. The maximum Gasteiger partial charge on any atom is 0.311 e. The second kappa shape index (κ2) is 9.69. The van der Waals surface area contributed by atoms with Crippen molar-refractivity contribution >= 4 is 29.4 Å². The Morgan fingerprint density at radius 3 is 2.37 bits per heavy atom. The first kappa shape index (κ1) is 23.3. The normalized spacial score (nSPS) is 13.9. The second-order valence-electron chi connectivity index (χ2n) is 7.29. The molecule has 0 aliphatic heterocycles. The second-order valence-corrected chi connectivity index (χ2v) is 7.72. The van der Waals surface area contributed by atoms with Gasteiger partial charge in [0.05, 0.1) is 12.0 Å². The highest BCUT2D eigenvalue weighted by Crippen LogP contribution is 2.28. The zero-order chi connectivity index (χ0) is 22.5. The van der Waals surface area contributed by atoms with E-state index in [0.29, 0.717) is 21.7 Å². The van der Waals surface area contributed by atoms with Gasteiger partial charge in [-0.1, -0.05) is 35.9 Å². The molecule has 2 amide bonds. The number of nitrogens with one attached hydrogen (secondary N) is 1. The van der Waals surface area contributed by atoms with Crippen molar-refractivity contribution in [2.75, 3.05) is 6.61 Å². The predicted octanol–water partition coefficient (Wildman–Crippen LogP) is 2.13. The van der Waals surface area contributed by atoms with Gasteiger partial charge in [0.15, 0.2) is 0 Å². The number of aliphatic hydroxyl groups excluding tert-OH is 1. The summed E-state index contributed by atoms with van der Waals surface area (Å²) in [5.74, 6) is -3.93. The molecule has 0 fully saturated rings. The molecular weight excluding hydrogens is 415 g/mol. The molecule has 2 atom stereocenters. The van der Waals surface area contributed by atoms with Gasteiger partial charge in [-0.25, -0.2) is 4.39 Å². The van der Waals surface area contributed by atoms with Crippen molar-refractivity contribution in [3.8, 4) is 11.1 Å². The van der Waals surface area contributed by atoms with Gasteiger partial charge in [-0.2, -0.15) is 0 Å². The summed E-state index contributed by atoms with van der Waals surface area (Å²) in [4.78, 5) is 34.4. The first-order chi connectivity index (χ1) is 14.1. The lowest BCUT2D eigenvalue weighted by Gasteiger charge is -2.28. The van der Waals surface area contributed by atoms with E-state index >= 15 is 0 Å². The lowest BCUT2D eigenvalue weighted by Crippen LogP contribution is -2.47. The van der Waals surface area contributed by atoms with Crippen molar-refractivity contribution < 1.29 is 29.0 Å². The van der Waals surface area contributed by atoms with E-state index in [1.54, 1.807) is 24.3 Å². The molecule has 0 aliphatic carbocycles. The van der Waals surface area contributed by atoms with Crippen LogP contribution in [0.1, 0.15) is 18.9 Å². The molecule has 2 aromatic rings. The average molecular weight is 437 g/mol. The SMILES string of the molecule is CC(CO)(CC(Cc1ccc(-c2cc(Cl)ccc2F)cc1)NC(=O)C(N)=O)C(=O)O. The van der Waals surface area contributed by atoms with Gasteiger partial charge in [0.25, 0.3) is 0 Å². The molecule has 0 spiro atoms. The highest BCUT2D eigenvalue weighted by atomic mass is 35.5. The number of primary amides is 1. The molecule has 30 heavy (non-hydrogen) atoms. The molecule has 0 bridgehead atoms. The Morgan fingerprint density at radius 1 is 1.20 bits per heavy atom. The first-order valence-electron chi connectivity index (χ1n) is 9.04. The van der Waals surface area contributed by atoms with Crippen LogP contribution in [0.3, 0.4) is 0 Å². The van der Waals surface area contributed by atoms with Crippen LogP contribution in [0.15, 0.2) is 42.5 Å². The number of amides is 2. The van der Waals surface area contributed by atoms with Crippen LogP contribution in [-0.4, -0.2) is 40.6 Å². The molecule has 0 saturated heterocycles. The molecule has 0 aromatic heterocycles. The number of carbonyl (C=O) groups excluding carboxylic acids is 2. The van der Waals surface area contributed by atoms with Gasteiger partial charge in [0.1, 0.15) is 5.82 Å². The van der Waals surface area contributed by atoms with Crippen LogP contribution in [0.5, 0.6) is 0 Å². The van der Waals surface area contributed by atoms with Crippen LogP contribution >= 0.6 is 11.6 Å². The van der Waals surface area contributed by atoms with E-state index in [1.807, 2.05) is 0 Å². The number of halogens is 2. The molecule has 2 aromatic carbocycles. The lowest BCUT2D eigenvalue weighted by atomic mass is 9.82. The molecular formula is C21H22ClFN2O5. The molecule has 9 heteroatoms. The smallest absolute Gasteiger partial charge is 0.311 e. The van der Waals surface area contributed by atoms with Crippen molar-refractivity contribution in [2.45, 2.75) is 25.8 Å². The summed E-state index contributed by atoms with van der Waals surface area (Å²) >= 11 is 5.93. The Kier molecular flexibility index (Phi) is 7.53. The van der Waals surface area contributed by atoms with Crippen molar-refractivity contribution in [3.63, 3.8) is 0 Å². The number of aliphatic carboxylic acids is 1. The molecule has 7 nitrogen and oxygen atoms in total. The number of carboxylic acids is 1. The number of nitrogens with two attached hydrogens (primary N) is 1.